The molecule has 1 aromatic rings. The topological polar surface area (TPSA) is 92.4 Å². The third-order valence-electron chi connectivity index (χ3n) is 3.15. The lowest BCUT2D eigenvalue weighted by Crippen LogP contribution is -2.46. The van der Waals surface area contributed by atoms with E-state index in [4.69, 9.17) is 22.4 Å². The second-order valence-electron chi connectivity index (χ2n) is 4.80. The van der Waals surface area contributed by atoms with Gasteiger partial charge in [0.25, 0.3) is 0 Å². The molecule has 1 atom stereocenters. The van der Waals surface area contributed by atoms with Crippen LogP contribution in [-0.2, 0) is 10.0 Å². The number of sulfonamides is 1. The molecule has 0 spiro atoms. The Morgan fingerprint density at radius 1 is 1.50 bits per heavy atom. The van der Waals surface area contributed by atoms with Crippen molar-refractivity contribution in [3.63, 3.8) is 0 Å². The quantitative estimate of drug-likeness (QED) is 0.697. The summed E-state index contributed by atoms with van der Waals surface area (Å²) >= 11 is 5.72. The zero-order valence-corrected chi connectivity index (χ0v) is 12.9. The number of aliphatic hydroxyl groups excluding tert-OH is 1. The Labute approximate surface area is 123 Å². The highest BCUT2D eigenvalue weighted by Gasteiger charge is 2.31. The van der Waals surface area contributed by atoms with Crippen molar-refractivity contribution < 1.29 is 17.9 Å². The van der Waals surface area contributed by atoms with Crippen LogP contribution in [-0.4, -0.2) is 25.7 Å². The summed E-state index contributed by atoms with van der Waals surface area (Å²) in [4.78, 5) is -0.597. The summed E-state index contributed by atoms with van der Waals surface area (Å²) < 4.78 is 40.8. The smallest absolute Gasteiger partial charge is 0.244 e. The second kappa shape index (κ2) is 6.26. The monoisotopic (exact) mass is 324 g/mol. The Balaban J connectivity index is 3.24. The molecule has 0 amide bonds. The van der Waals surface area contributed by atoms with Gasteiger partial charge in [0, 0.05) is 17.2 Å². The number of nitrogen functional groups attached to an aromatic ring is 1. The number of hydrogen-bond acceptors (Lipinski definition) is 4. The summed E-state index contributed by atoms with van der Waals surface area (Å²) in [7, 11) is -4.13. The van der Waals surface area contributed by atoms with Gasteiger partial charge in [0.05, 0.1) is 5.69 Å². The largest absolute Gasteiger partial charge is 0.396 e. The van der Waals surface area contributed by atoms with Gasteiger partial charge in [0.2, 0.25) is 10.0 Å². The fourth-order valence-electron chi connectivity index (χ4n) is 1.71. The van der Waals surface area contributed by atoms with E-state index in [2.05, 4.69) is 4.72 Å². The summed E-state index contributed by atoms with van der Waals surface area (Å²) in [6.07, 6.45) is 0.644. The van der Waals surface area contributed by atoms with Gasteiger partial charge in [-0.25, -0.2) is 17.5 Å². The maximum atomic E-state index is 13.9. The van der Waals surface area contributed by atoms with Crippen LogP contribution in [0.5, 0.6) is 0 Å². The van der Waals surface area contributed by atoms with Gasteiger partial charge in [-0.3, -0.25) is 0 Å². The number of nitrogens with two attached hydrogens (primary N) is 1. The predicted molar refractivity (Wildman–Crippen MR) is 76.5 cm³/mol. The van der Waals surface area contributed by atoms with Crippen LogP contribution in [0.2, 0.25) is 5.02 Å². The van der Waals surface area contributed by atoms with Crippen molar-refractivity contribution in [2.24, 2.45) is 0 Å². The predicted octanol–water partition coefficient (Wildman–Crippen LogP) is 1.89. The molecule has 8 heteroatoms. The summed E-state index contributed by atoms with van der Waals surface area (Å²) in [6, 6.07) is 2.15. The summed E-state index contributed by atoms with van der Waals surface area (Å²) in [5.41, 5.74) is 4.17. The van der Waals surface area contributed by atoms with E-state index in [1.165, 1.54) is 0 Å². The number of aliphatic hydroxyl groups is 1. The van der Waals surface area contributed by atoms with Crippen molar-refractivity contribution in [3.05, 3.63) is 23.0 Å². The molecule has 114 valence electrons. The maximum Gasteiger partial charge on any atom is 0.244 e. The lowest BCUT2D eigenvalue weighted by Gasteiger charge is -2.28. The van der Waals surface area contributed by atoms with Gasteiger partial charge in [0.15, 0.2) is 5.82 Å². The van der Waals surface area contributed by atoms with E-state index >= 15 is 0 Å². The third-order valence-corrected chi connectivity index (χ3v) is 5.00. The highest BCUT2D eigenvalue weighted by Crippen LogP contribution is 2.27. The van der Waals surface area contributed by atoms with Crippen LogP contribution in [0.3, 0.4) is 0 Å². The standard InChI is InChI=1S/C12H18ClFN2O3S/c1-3-12(2,4-5-17)16-20(18,19)10-7-8(13)6-9(15)11(10)14/h6-7,16-17H,3-5,15H2,1-2H3. The van der Waals surface area contributed by atoms with Crippen molar-refractivity contribution in [1.29, 1.82) is 0 Å². The van der Waals surface area contributed by atoms with Gasteiger partial charge in [0.1, 0.15) is 4.90 Å². The summed E-state index contributed by atoms with van der Waals surface area (Å²) in [5, 5.41) is 9.03. The molecule has 0 aromatic heterocycles. The van der Waals surface area contributed by atoms with Crippen LogP contribution in [0.25, 0.3) is 0 Å². The van der Waals surface area contributed by atoms with Crippen molar-refractivity contribution >= 4 is 27.3 Å². The van der Waals surface area contributed by atoms with E-state index in [-0.39, 0.29) is 23.7 Å². The first-order valence-electron chi connectivity index (χ1n) is 6.04. The first-order valence-corrected chi connectivity index (χ1v) is 7.90. The minimum Gasteiger partial charge on any atom is -0.396 e. The molecule has 0 saturated heterocycles. The fourth-order valence-corrected chi connectivity index (χ4v) is 3.64. The SMILES string of the molecule is CCC(C)(CCO)NS(=O)(=O)c1cc(Cl)cc(N)c1F. The van der Waals surface area contributed by atoms with Crippen LogP contribution >= 0.6 is 11.6 Å². The molecule has 1 aromatic carbocycles. The molecular formula is C12H18ClFN2O3S. The van der Waals surface area contributed by atoms with Gasteiger partial charge >= 0.3 is 0 Å². The minimum atomic E-state index is -4.13. The van der Waals surface area contributed by atoms with Crippen molar-refractivity contribution in [2.45, 2.75) is 37.1 Å². The Bertz CT molecular complexity index is 595. The molecule has 0 aliphatic rings. The number of anilines is 1. The Hall–Kier alpha value is -0.890. The number of benzene rings is 1. The normalized spacial score (nSPS) is 15.1. The van der Waals surface area contributed by atoms with E-state index < -0.39 is 26.3 Å². The Kier molecular flexibility index (Phi) is 5.37. The average Bonchev–Trinajstić information content (AvgIpc) is 2.33. The van der Waals surface area contributed by atoms with Gasteiger partial charge in [-0.15, -0.1) is 0 Å². The van der Waals surface area contributed by atoms with E-state index in [0.717, 1.165) is 12.1 Å². The average molecular weight is 325 g/mol. The zero-order valence-electron chi connectivity index (χ0n) is 11.3. The molecule has 4 N–H and O–H groups in total. The highest BCUT2D eigenvalue weighted by molar-refractivity contribution is 7.89. The lowest BCUT2D eigenvalue weighted by atomic mass is 9.97. The molecule has 0 heterocycles. The molecule has 0 bridgehead atoms. The number of rotatable bonds is 6. The third kappa shape index (κ3) is 3.82. The lowest BCUT2D eigenvalue weighted by molar-refractivity contribution is 0.233. The maximum absolute atomic E-state index is 13.9. The zero-order chi connectivity index (χ0) is 15.6. The van der Waals surface area contributed by atoms with Gasteiger partial charge < -0.3 is 10.8 Å². The molecular weight excluding hydrogens is 307 g/mol. The van der Waals surface area contributed by atoms with Crippen LogP contribution in [0.1, 0.15) is 26.7 Å². The first-order chi connectivity index (χ1) is 9.15. The van der Waals surface area contributed by atoms with Crippen molar-refractivity contribution in [1.82, 2.24) is 4.72 Å². The summed E-state index contributed by atoms with van der Waals surface area (Å²) in [5.74, 6) is -1.04. The Morgan fingerprint density at radius 3 is 2.60 bits per heavy atom. The number of hydrogen-bond donors (Lipinski definition) is 3. The van der Waals surface area contributed by atoms with Gasteiger partial charge in [-0.05, 0) is 31.9 Å². The van der Waals surface area contributed by atoms with Crippen LogP contribution in [0.4, 0.5) is 10.1 Å². The molecule has 0 radical (unpaired) electrons. The van der Waals surface area contributed by atoms with Crippen LogP contribution < -0.4 is 10.5 Å². The number of nitrogens with one attached hydrogen (secondary N) is 1. The molecule has 0 fully saturated rings. The molecule has 1 rings (SSSR count). The molecule has 0 aliphatic heterocycles. The molecule has 1 unspecified atom stereocenters. The number of halogens is 2. The molecule has 5 nitrogen and oxygen atoms in total. The molecule has 20 heavy (non-hydrogen) atoms. The van der Waals surface area contributed by atoms with E-state index in [0.29, 0.717) is 6.42 Å². The highest BCUT2D eigenvalue weighted by atomic mass is 35.5. The van der Waals surface area contributed by atoms with Crippen LogP contribution in [0, 0.1) is 5.82 Å². The summed E-state index contributed by atoms with van der Waals surface area (Å²) in [6.45, 7) is 3.21. The van der Waals surface area contributed by atoms with Gasteiger partial charge in [-0.1, -0.05) is 18.5 Å². The first kappa shape index (κ1) is 17.2. The van der Waals surface area contributed by atoms with Gasteiger partial charge in [-0.2, -0.15) is 0 Å². The van der Waals surface area contributed by atoms with Crippen molar-refractivity contribution in [3.8, 4) is 0 Å². The van der Waals surface area contributed by atoms with E-state index in [1.54, 1.807) is 13.8 Å². The van der Waals surface area contributed by atoms with Crippen LogP contribution in [0.15, 0.2) is 17.0 Å². The Morgan fingerprint density at radius 2 is 2.10 bits per heavy atom. The molecule has 0 saturated carbocycles. The van der Waals surface area contributed by atoms with E-state index in [1.807, 2.05) is 0 Å². The second-order valence-corrected chi connectivity index (χ2v) is 6.89. The molecule has 0 aliphatic carbocycles. The fraction of sp³-hybridized carbons (Fsp3) is 0.500. The van der Waals surface area contributed by atoms with E-state index in [9.17, 15) is 12.8 Å². The van der Waals surface area contributed by atoms with Crippen molar-refractivity contribution in [2.75, 3.05) is 12.3 Å². The minimum absolute atomic E-state index is 0.0321.